The van der Waals surface area contributed by atoms with Gasteiger partial charge in [0.1, 0.15) is 22.4 Å². The van der Waals surface area contributed by atoms with Crippen LogP contribution in [-0.4, -0.2) is 48.4 Å². The average Bonchev–Trinajstić information content (AvgIpc) is 3.10. The molecule has 1 aliphatic rings. The highest BCUT2D eigenvalue weighted by Gasteiger charge is 2.34. The number of para-hydroxylation sites is 1. The van der Waals surface area contributed by atoms with Gasteiger partial charge in [0.05, 0.1) is 26.0 Å². The molecule has 1 atom stereocenters. The first kappa shape index (κ1) is 18.7. The van der Waals surface area contributed by atoms with Crippen LogP contribution in [-0.2, 0) is 9.47 Å². The van der Waals surface area contributed by atoms with Gasteiger partial charge in [-0.2, -0.15) is 0 Å². The summed E-state index contributed by atoms with van der Waals surface area (Å²) in [6, 6.07) is 7.51. The number of carbonyl (C=O) groups is 1. The maximum atomic E-state index is 12.6. The van der Waals surface area contributed by atoms with Gasteiger partial charge in [0.2, 0.25) is 0 Å². The fourth-order valence-electron chi connectivity index (χ4n) is 2.77. The number of aromatic nitrogens is 1. The Morgan fingerprint density at radius 1 is 1.35 bits per heavy atom. The number of hydrogen-bond acceptors (Lipinski definition) is 6. The molecule has 7 heteroatoms. The second-order valence-corrected chi connectivity index (χ2v) is 7.93. The van der Waals surface area contributed by atoms with E-state index in [9.17, 15) is 4.79 Å². The topological polar surface area (TPSA) is 60.9 Å². The number of carbonyl (C=O) groups excluding carboxylic acids is 1. The minimum Gasteiger partial charge on any atom is -0.496 e. The summed E-state index contributed by atoms with van der Waals surface area (Å²) in [6.45, 7) is 7.00. The Kier molecular flexibility index (Phi) is 5.48. The number of hydrogen-bond donors (Lipinski definition) is 0. The van der Waals surface area contributed by atoms with Gasteiger partial charge in [0.15, 0.2) is 0 Å². The number of amides is 1. The number of rotatable bonds is 3. The third kappa shape index (κ3) is 4.16. The standard InChI is InChI=1S/C19H24N2O4S/c1-19(2,3)25-18(22)21-9-10-24-11-15(21)17-20-14(12-26-17)13-7-5-6-8-16(13)23-4/h5-8,12,15H,9-11H2,1-4H3/t15-/m1/s1. The van der Waals surface area contributed by atoms with E-state index in [1.807, 2.05) is 50.4 Å². The van der Waals surface area contributed by atoms with Crippen molar-refractivity contribution in [1.29, 1.82) is 0 Å². The number of methoxy groups -OCH3 is 1. The summed E-state index contributed by atoms with van der Waals surface area (Å²) in [4.78, 5) is 19.0. The lowest BCUT2D eigenvalue weighted by atomic mass is 10.1. The molecule has 0 saturated carbocycles. The van der Waals surface area contributed by atoms with Gasteiger partial charge in [-0.1, -0.05) is 12.1 Å². The highest BCUT2D eigenvalue weighted by Crippen LogP contribution is 2.34. The molecule has 3 rings (SSSR count). The molecule has 2 heterocycles. The van der Waals surface area contributed by atoms with Gasteiger partial charge < -0.3 is 14.2 Å². The number of thiazole rings is 1. The summed E-state index contributed by atoms with van der Waals surface area (Å²) in [7, 11) is 1.64. The molecule has 1 aromatic heterocycles. The summed E-state index contributed by atoms with van der Waals surface area (Å²) < 4.78 is 16.6. The molecule has 1 aliphatic heterocycles. The minimum atomic E-state index is -0.536. The van der Waals surface area contributed by atoms with Gasteiger partial charge in [-0.25, -0.2) is 9.78 Å². The lowest BCUT2D eigenvalue weighted by Gasteiger charge is -2.35. The van der Waals surface area contributed by atoms with E-state index in [4.69, 9.17) is 19.2 Å². The number of morpholine rings is 1. The maximum Gasteiger partial charge on any atom is 0.411 e. The van der Waals surface area contributed by atoms with E-state index in [1.54, 1.807) is 12.0 Å². The van der Waals surface area contributed by atoms with Crippen molar-refractivity contribution in [3.05, 3.63) is 34.7 Å². The molecular weight excluding hydrogens is 352 g/mol. The lowest BCUT2D eigenvalue weighted by Crippen LogP contribution is -2.45. The van der Waals surface area contributed by atoms with E-state index in [1.165, 1.54) is 11.3 Å². The summed E-state index contributed by atoms with van der Waals surface area (Å²) >= 11 is 1.51. The maximum absolute atomic E-state index is 12.6. The SMILES string of the molecule is COc1ccccc1-c1csc([C@H]2COCCN2C(=O)OC(C)(C)C)n1. The fraction of sp³-hybridized carbons (Fsp3) is 0.474. The highest BCUT2D eigenvalue weighted by atomic mass is 32.1. The Morgan fingerprint density at radius 3 is 2.85 bits per heavy atom. The van der Waals surface area contributed by atoms with Crippen LogP contribution < -0.4 is 4.74 Å². The molecule has 1 fully saturated rings. The van der Waals surface area contributed by atoms with Crippen molar-refractivity contribution in [2.75, 3.05) is 26.9 Å². The van der Waals surface area contributed by atoms with Crippen LogP contribution in [0.2, 0.25) is 0 Å². The number of nitrogens with zero attached hydrogens (tertiary/aromatic N) is 2. The van der Waals surface area contributed by atoms with Gasteiger partial charge in [0.25, 0.3) is 0 Å². The fourth-order valence-corrected chi connectivity index (χ4v) is 3.68. The van der Waals surface area contributed by atoms with E-state index in [0.29, 0.717) is 19.8 Å². The first-order valence-electron chi connectivity index (χ1n) is 8.55. The van der Waals surface area contributed by atoms with Crippen molar-refractivity contribution in [3.8, 4) is 17.0 Å². The average molecular weight is 376 g/mol. The van der Waals surface area contributed by atoms with E-state index >= 15 is 0 Å². The van der Waals surface area contributed by atoms with E-state index < -0.39 is 5.60 Å². The van der Waals surface area contributed by atoms with Crippen LogP contribution in [0.15, 0.2) is 29.6 Å². The number of benzene rings is 1. The van der Waals surface area contributed by atoms with Crippen molar-refractivity contribution < 1.29 is 19.0 Å². The molecular formula is C19H24N2O4S. The molecule has 26 heavy (non-hydrogen) atoms. The van der Waals surface area contributed by atoms with Crippen LogP contribution >= 0.6 is 11.3 Å². The summed E-state index contributed by atoms with van der Waals surface area (Å²) in [5.74, 6) is 0.772. The predicted molar refractivity (Wildman–Crippen MR) is 101 cm³/mol. The second kappa shape index (κ2) is 7.63. The summed E-state index contributed by atoms with van der Waals surface area (Å²) in [5, 5.41) is 2.81. The molecule has 0 N–H and O–H groups in total. The first-order valence-corrected chi connectivity index (χ1v) is 9.43. The Balaban J connectivity index is 1.85. The minimum absolute atomic E-state index is 0.243. The Labute approximate surface area is 157 Å². The summed E-state index contributed by atoms with van der Waals surface area (Å²) in [6.07, 6.45) is -0.333. The largest absolute Gasteiger partial charge is 0.496 e. The van der Waals surface area contributed by atoms with Crippen molar-refractivity contribution in [2.24, 2.45) is 0 Å². The highest BCUT2D eigenvalue weighted by molar-refractivity contribution is 7.10. The van der Waals surface area contributed by atoms with Crippen LogP contribution in [0.1, 0.15) is 31.8 Å². The Morgan fingerprint density at radius 2 is 2.12 bits per heavy atom. The normalized spacial score (nSPS) is 17.8. The van der Waals surface area contributed by atoms with Crippen molar-refractivity contribution in [3.63, 3.8) is 0 Å². The predicted octanol–water partition coefficient (Wildman–Crippen LogP) is 4.13. The van der Waals surface area contributed by atoms with Crippen LogP contribution in [0, 0.1) is 0 Å². The molecule has 0 aliphatic carbocycles. The zero-order valence-electron chi connectivity index (χ0n) is 15.5. The molecule has 6 nitrogen and oxygen atoms in total. The van der Waals surface area contributed by atoms with Gasteiger partial charge in [-0.3, -0.25) is 4.90 Å². The van der Waals surface area contributed by atoms with Crippen LogP contribution in [0.25, 0.3) is 11.3 Å². The molecule has 0 spiro atoms. The summed E-state index contributed by atoms with van der Waals surface area (Å²) in [5.41, 5.74) is 1.22. The van der Waals surface area contributed by atoms with Gasteiger partial charge in [0, 0.05) is 17.5 Å². The van der Waals surface area contributed by atoms with E-state index in [-0.39, 0.29) is 12.1 Å². The zero-order valence-corrected chi connectivity index (χ0v) is 16.3. The van der Waals surface area contributed by atoms with Gasteiger partial charge >= 0.3 is 6.09 Å². The Bertz CT molecular complexity index is 769. The van der Waals surface area contributed by atoms with Crippen LogP contribution in [0.5, 0.6) is 5.75 Å². The zero-order chi connectivity index (χ0) is 18.7. The third-order valence-electron chi connectivity index (χ3n) is 3.95. The quantitative estimate of drug-likeness (QED) is 0.806. The molecule has 2 aromatic rings. The first-order chi connectivity index (χ1) is 12.4. The molecule has 1 aromatic carbocycles. The van der Waals surface area contributed by atoms with Crippen molar-refractivity contribution >= 4 is 17.4 Å². The molecule has 0 bridgehead atoms. The van der Waals surface area contributed by atoms with Crippen molar-refractivity contribution in [2.45, 2.75) is 32.4 Å². The van der Waals surface area contributed by atoms with Crippen LogP contribution in [0.3, 0.4) is 0 Å². The third-order valence-corrected chi connectivity index (χ3v) is 4.89. The second-order valence-electron chi connectivity index (χ2n) is 7.04. The van der Waals surface area contributed by atoms with E-state index in [2.05, 4.69) is 0 Å². The molecule has 1 amide bonds. The molecule has 1 saturated heterocycles. The number of ether oxygens (including phenoxy) is 3. The van der Waals surface area contributed by atoms with Gasteiger partial charge in [-0.05, 0) is 32.9 Å². The smallest absolute Gasteiger partial charge is 0.411 e. The molecule has 0 radical (unpaired) electrons. The molecule has 140 valence electrons. The van der Waals surface area contributed by atoms with Gasteiger partial charge in [-0.15, -0.1) is 11.3 Å². The lowest BCUT2D eigenvalue weighted by molar-refractivity contribution is -0.0331. The molecule has 0 unspecified atom stereocenters. The van der Waals surface area contributed by atoms with Crippen molar-refractivity contribution in [1.82, 2.24) is 9.88 Å². The van der Waals surface area contributed by atoms with Crippen LogP contribution in [0.4, 0.5) is 4.79 Å². The monoisotopic (exact) mass is 376 g/mol. The Hall–Kier alpha value is -2.12. The van der Waals surface area contributed by atoms with E-state index in [0.717, 1.165) is 22.0 Å².